The van der Waals surface area contributed by atoms with E-state index in [9.17, 15) is 9.59 Å². The summed E-state index contributed by atoms with van der Waals surface area (Å²) in [7, 11) is 1.29. The molecule has 1 aromatic heterocycles. The number of aromatic nitrogens is 1. The summed E-state index contributed by atoms with van der Waals surface area (Å²) in [6, 6.07) is 3.56. The molecule has 0 spiro atoms. The normalized spacial score (nSPS) is 11.7. The van der Waals surface area contributed by atoms with Gasteiger partial charge in [0.2, 0.25) is 0 Å². The largest absolute Gasteiger partial charge is 0.468 e. The molecule has 1 rings (SSSR count). The van der Waals surface area contributed by atoms with Gasteiger partial charge in [0.15, 0.2) is 0 Å². The Morgan fingerprint density at radius 1 is 1.59 bits per heavy atom. The Kier molecular flexibility index (Phi) is 5.09. The third-order valence-corrected chi connectivity index (χ3v) is 2.82. The number of carbonyl (C=O) groups is 2. The van der Waals surface area contributed by atoms with E-state index in [4.69, 9.17) is 0 Å². The highest BCUT2D eigenvalue weighted by Crippen LogP contribution is 2.04. The minimum Gasteiger partial charge on any atom is -0.468 e. The molecule has 0 bridgehead atoms. The lowest BCUT2D eigenvalue weighted by atomic mass is 10.2. The molecule has 1 aromatic rings. The van der Waals surface area contributed by atoms with Crippen molar-refractivity contribution < 1.29 is 14.3 Å². The molecule has 5 nitrogen and oxygen atoms in total. The molecule has 6 heteroatoms. The van der Waals surface area contributed by atoms with E-state index in [0.29, 0.717) is 5.69 Å². The first-order chi connectivity index (χ1) is 8.06. The maximum absolute atomic E-state index is 11.7. The first-order valence-electron chi connectivity index (χ1n) is 4.98. The van der Waals surface area contributed by atoms with Crippen LogP contribution in [0.1, 0.15) is 16.1 Å². The first kappa shape index (κ1) is 13.6. The number of ether oxygens (including phenoxy) is 1. The zero-order valence-electron chi connectivity index (χ0n) is 9.57. The van der Waals surface area contributed by atoms with Crippen molar-refractivity contribution in [2.45, 2.75) is 11.8 Å². The number of hydrogen-bond acceptors (Lipinski definition) is 4. The second-order valence-electron chi connectivity index (χ2n) is 3.37. The number of pyridine rings is 1. The van der Waals surface area contributed by atoms with Gasteiger partial charge in [-0.1, -0.05) is 22.0 Å². The zero-order chi connectivity index (χ0) is 12.8. The number of rotatable bonds is 4. The van der Waals surface area contributed by atoms with Crippen molar-refractivity contribution in [1.82, 2.24) is 10.3 Å². The van der Waals surface area contributed by atoms with Crippen LogP contribution in [0.2, 0.25) is 0 Å². The lowest BCUT2D eigenvalue weighted by molar-refractivity contribution is -0.139. The van der Waals surface area contributed by atoms with Crippen LogP contribution in [0.4, 0.5) is 0 Å². The fourth-order valence-electron chi connectivity index (χ4n) is 1.20. The van der Waals surface area contributed by atoms with E-state index in [2.05, 4.69) is 31.0 Å². The lowest BCUT2D eigenvalue weighted by Gasteiger charge is -2.09. The van der Waals surface area contributed by atoms with E-state index in [1.165, 1.54) is 7.11 Å². The monoisotopic (exact) mass is 300 g/mol. The van der Waals surface area contributed by atoms with Gasteiger partial charge >= 0.3 is 5.97 Å². The van der Waals surface area contributed by atoms with Crippen LogP contribution >= 0.6 is 15.9 Å². The topological polar surface area (TPSA) is 68.3 Å². The number of carbonyl (C=O) groups excluding carboxylic acids is 2. The predicted molar refractivity (Wildman–Crippen MR) is 66.0 cm³/mol. The fraction of sp³-hybridized carbons (Fsp3) is 0.364. The smallest absolute Gasteiger partial charge is 0.321 e. The molecule has 1 heterocycles. The van der Waals surface area contributed by atoms with Crippen molar-refractivity contribution in [3.8, 4) is 0 Å². The highest BCUT2D eigenvalue weighted by molar-refractivity contribution is 9.10. The molecule has 0 radical (unpaired) electrons. The van der Waals surface area contributed by atoms with E-state index >= 15 is 0 Å². The number of alkyl halides is 1. The van der Waals surface area contributed by atoms with Gasteiger partial charge in [0, 0.05) is 12.7 Å². The summed E-state index contributed by atoms with van der Waals surface area (Å²) in [6.07, 6.45) is 1.55. The van der Waals surface area contributed by atoms with Crippen LogP contribution in [-0.2, 0) is 9.53 Å². The zero-order valence-corrected chi connectivity index (χ0v) is 11.2. The Hall–Kier alpha value is -1.43. The van der Waals surface area contributed by atoms with E-state index in [0.717, 1.165) is 5.56 Å². The van der Waals surface area contributed by atoms with Gasteiger partial charge in [-0.2, -0.15) is 0 Å². The van der Waals surface area contributed by atoms with Crippen LogP contribution in [0.3, 0.4) is 0 Å². The fourth-order valence-corrected chi connectivity index (χ4v) is 1.55. The molecule has 1 amide bonds. The van der Waals surface area contributed by atoms with Gasteiger partial charge in [0.05, 0.1) is 7.11 Å². The second-order valence-corrected chi connectivity index (χ2v) is 4.47. The number of nitrogens with zero attached hydrogens (tertiary/aromatic N) is 1. The van der Waals surface area contributed by atoms with Crippen molar-refractivity contribution in [3.63, 3.8) is 0 Å². The van der Waals surface area contributed by atoms with Crippen molar-refractivity contribution in [1.29, 1.82) is 0 Å². The highest BCUT2D eigenvalue weighted by Gasteiger charge is 2.17. The summed E-state index contributed by atoms with van der Waals surface area (Å²) in [5.74, 6) is -0.737. The number of hydrogen-bond donors (Lipinski definition) is 1. The van der Waals surface area contributed by atoms with Crippen molar-refractivity contribution in [2.75, 3.05) is 13.7 Å². The molecule has 92 valence electrons. The van der Waals surface area contributed by atoms with E-state index < -0.39 is 10.8 Å². The van der Waals surface area contributed by atoms with Gasteiger partial charge < -0.3 is 10.1 Å². The molecule has 0 aliphatic heterocycles. The average Bonchev–Trinajstić information content (AvgIpc) is 2.35. The highest BCUT2D eigenvalue weighted by atomic mass is 79.9. The van der Waals surface area contributed by atoms with E-state index in [1.54, 1.807) is 25.3 Å². The van der Waals surface area contributed by atoms with Gasteiger partial charge in [-0.15, -0.1) is 0 Å². The number of nitrogens with one attached hydrogen (secondary N) is 1. The van der Waals surface area contributed by atoms with Crippen LogP contribution in [0.25, 0.3) is 0 Å². The predicted octanol–water partition coefficient (Wildman–Crippen LogP) is 1.06. The van der Waals surface area contributed by atoms with Crippen molar-refractivity contribution >= 4 is 27.8 Å². The molecule has 1 unspecified atom stereocenters. The van der Waals surface area contributed by atoms with Gasteiger partial charge in [0.25, 0.3) is 5.91 Å². The lowest BCUT2D eigenvalue weighted by Crippen LogP contribution is -2.34. The van der Waals surface area contributed by atoms with Crippen LogP contribution in [0.15, 0.2) is 18.3 Å². The molecule has 0 fully saturated rings. The minimum atomic E-state index is -0.555. The minimum absolute atomic E-state index is 0.154. The Morgan fingerprint density at radius 2 is 2.29 bits per heavy atom. The Morgan fingerprint density at radius 3 is 2.88 bits per heavy atom. The molecule has 0 aromatic carbocycles. The molecular weight excluding hydrogens is 288 g/mol. The van der Waals surface area contributed by atoms with Crippen molar-refractivity contribution in [3.05, 3.63) is 29.6 Å². The van der Waals surface area contributed by atoms with Crippen molar-refractivity contribution in [2.24, 2.45) is 0 Å². The van der Waals surface area contributed by atoms with Crippen LogP contribution < -0.4 is 5.32 Å². The molecule has 1 N–H and O–H groups in total. The van der Waals surface area contributed by atoms with Gasteiger partial charge in [-0.3, -0.25) is 14.6 Å². The summed E-state index contributed by atoms with van der Waals surface area (Å²) in [4.78, 5) is 26.2. The first-order valence-corrected chi connectivity index (χ1v) is 5.89. The summed E-state index contributed by atoms with van der Waals surface area (Å²) in [5, 5.41) is 2.61. The third kappa shape index (κ3) is 3.81. The maximum atomic E-state index is 11.7. The summed E-state index contributed by atoms with van der Waals surface area (Å²) in [6.45, 7) is 1.95. The van der Waals surface area contributed by atoms with E-state index in [1.807, 2.05) is 0 Å². The quantitative estimate of drug-likeness (QED) is 0.667. The van der Waals surface area contributed by atoms with Gasteiger partial charge in [-0.25, -0.2) is 0 Å². The second kappa shape index (κ2) is 6.34. The van der Waals surface area contributed by atoms with Crippen LogP contribution in [-0.4, -0.2) is 35.3 Å². The molecule has 0 aliphatic rings. The molecule has 0 saturated heterocycles. The molecule has 0 aliphatic carbocycles. The molecular formula is C11H13BrN2O3. The van der Waals surface area contributed by atoms with Crippen LogP contribution in [0.5, 0.6) is 0 Å². The van der Waals surface area contributed by atoms with Gasteiger partial charge in [0.1, 0.15) is 10.5 Å². The Labute approximate surface area is 108 Å². The third-order valence-electron chi connectivity index (χ3n) is 2.12. The number of aryl methyl sites for hydroxylation is 1. The molecule has 0 saturated carbocycles. The number of halogens is 1. The molecule has 1 atom stereocenters. The number of amides is 1. The SMILES string of the molecule is COC(=O)C(Br)CNC(=O)c1ncccc1C. The Balaban J connectivity index is 2.57. The average molecular weight is 301 g/mol. The summed E-state index contributed by atoms with van der Waals surface area (Å²) < 4.78 is 4.52. The van der Waals surface area contributed by atoms with E-state index in [-0.39, 0.29) is 12.5 Å². The number of esters is 1. The maximum Gasteiger partial charge on any atom is 0.321 e. The Bertz CT molecular complexity index is 423. The standard InChI is InChI=1S/C11H13BrN2O3/c1-7-4-3-5-13-9(7)10(15)14-6-8(12)11(16)17-2/h3-5,8H,6H2,1-2H3,(H,14,15). The van der Waals surface area contributed by atoms with Gasteiger partial charge in [-0.05, 0) is 18.6 Å². The summed E-state index contributed by atoms with van der Waals surface area (Å²) >= 11 is 3.11. The number of methoxy groups -OCH3 is 1. The van der Waals surface area contributed by atoms with Crippen LogP contribution in [0, 0.1) is 6.92 Å². The molecule has 17 heavy (non-hydrogen) atoms. The summed E-state index contributed by atoms with van der Waals surface area (Å²) in [5.41, 5.74) is 1.14.